The Morgan fingerprint density at radius 3 is 2.24 bits per heavy atom. The molecule has 1 unspecified atom stereocenters. The lowest BCUT2D eigenvalue weighted by Crippen LogP contribution is -2.54. The van der Waals surface area contributed by atoms with Crippen molar-refractivity contribution in [2.75, 3.05) is 17.1 Å². The minimum atomic E-state index is -3.90. The summed E-state index contributed by atoms with van der Waals surface area (Å²) in [4.78, 5) is 29.5. The summed E-state index contributed by atoms with van der Waals surface area (Å²) in [5.41, 5.74) is 2.95. The molecule has 4 rings (SSSR count). The number of hydrogen-bond donors (Lipinski definition) is 1. The van der Waals surface area contributed by atoms with Crippen LogP contribution in [0.1, 0.15) is 42.4 Å². The third-order valence-corrected chi connectivity index (χ3v) is 9.16. The number of amides is 2. The van der Waals surface area contributed by atoms with Crippen molar-refractivity contribution in [2.24, 2.45) is 0 Å². The maximum absolute atomic E-state index is 14.2. The first-order chi connectivity index (χ1) is 19.5. The molecular formula is C31H35Cl2N3O4S. The Kier molecular flexibility index (Phi) is 10.3. The van der Waals surface area contributed by atoms with Crippen LogP contribution >= 0.6 is 23.2 Å². The summed E-state index contributed by atoms with van der Waals surface area (Å²) in [6.07, 6.45) is 5.20. The number of hydrogen-bond acceptors (Lipinski definition) is 4. The first-order valence-corrected chi connectivity index (χ1v) is 16.2. The molecule has 41 heavy (non-hydrogen) atoms. The molecule has 3 aromatic rings. The molecule has 3 aromatic carbocycles. The zero-order chi connectivity index (χ0) is 29.6. The van der Waals surface area contributed by atoms with Gasteiger partial charge < -0.3 is 10.2 Å². The Morgan fingerprint density at radius 2 is 1.61 bits per heavy atom. The van der Waals surface area contributed by atoms with Crippen LogP contribution in [-0.4, -0.2) is 50.0 Å². The Bertz CT molecular complexity index is 1480. The van der Waals surface area contributed by atoms with E-state index in [1.165, 1.54) is 23.1 Å². The van der Waals surface area contributed by atoms with Crippen molar-refractivity contribution in [3.05, 3.63) is 99.5 Å². The monoisotopic (exact) mass is 615 g/mol. The Morgan fingerprint density at radius 1 is 0.927 bits per heavy atom. The van der Waals surface area contributed by atoms with Crippen LogP contribution in [0.3, 0.4) is 0 Å². The standard InChI is InChI=1S/C31H35Cl2N3O4S/c1-22-9-8-12-24(17-22)20-35(30(37)21-36(41(2,39)40)26-15-16-27(32)28(33)19-26)29(18-23-10-4-3-5-11-23)31(38)34-25-13-6-7-14-25/h3-5,8-12,15-17,19,25,29H,6-7,13-14,18,20-21H2,1-2H3,(H,34,38). The Hall–Kier alpha value is -3.07. The van der Waals surface area contributed by atoms with Crippen molar-refractivity contribution in [1.29, 1.82) is 0 Å². The number of nitrogens with one attached hydrogen (secondary N) is 1. The minimum absolute atomic E-state index is 0.0559. The third kappa shape index (κ3) is 8.47. The van der Waals surface area contributed by atoms with Crippen molar-refractivity contribution in [3.8, 4) is 0 Å². The van der Waals surface area contributed by atoms with Crippen molar-refractivity contribution < 1.29 is 18.0 Å². The molecule has 218 valence electrons. The van der Waals surface area contributed by atoms with Gasteiger partial charge in [-0.2, -0.15) is 0 Å². The van der Waals surface area contributed by atoms with Crippen LogP contribution in [0, 0.1) is 6.92 Å². The lowest BCUT2D eigenvalue weighted by Gasteiger charge is -2.34. The van der Waals surface area contributed by atoms with Gasteiger partial charge >= 0.3 is 0 Å². The predicted molar refractivity (Wildman–Crippen MR) is 165 cm³/mol. The van der Waals surface area contributed by atoms with Crippen LogP contribution < -0.4 is 9.62 Å². The van der Waals surface area contributed by atoms with Gasteiger partial charge in [0.15, 0.2) is 0 Å². The van der Waals surface area contributed by atoms with Gasteiger partial charge in [0.25, 0.3) is 0 Å². The number of aryl methyl sites for hydroxylation is 1. The zero-order valence-electron chi connectivity index (χ0n) is 23.2. The minimum Gasteiger partial charge on any atom is -0.352 e. The van der Waals surface area contributed by atoms with E-state index in [1.54, 1.807) is 0 Å². The number of sulfonamides is 1. The second kappa shape index (κ2) is 13.7. The molecule has 0 bridgehead atoms. The summed E-state index contributed by atoms with van der Waals surface area (Å²) in [7, 11) is -3.90. The summed E-state index contributed by atoms with van der Waals surface area (Å²) in [5, 5.41) is 3.60. The smallest absolute Gasteiger partial charge is 0.244 e. The van der Waals surface area contributed by atoms with E-state index in [-0.39, 0.29) is 40.6 Å². The number of benzene rings is 3. The fraction of sp³-hybridized carbons (Fsp3) is 0.355. The summed E-state index contributed by atoms with van der Waals surface area (Å²) in [6, 6.07) is 20.8. The normalized spacial score (nSPS) is 14.4. The molecule has 1 N–H and O–H groups in total. The average molecular weight is 617 g/mol. The highest BCUT2D eigenvalue weighted by atomic mass is 35.5. The molecular weight excluding hydrogens is 581 g/mol. The van der Waals surface area contributed by atoms with E-state index < -0.39 is 28.5 Å². The van der Waals surface area contributed by atoms with E-state index >= 15 is 0 Å². The van der Waals surface area contributed by atoms with Crippen molar-refractivity contribution in [3.63, 3.8) is 0 Å². The lowest BCUT2D eigenvalue weighted by atomic mass is 10.0. The summed E-state index contributed by atoms with van der Waals surface area (Å²) in [5.74, 6) is -0.757. The zero-order valence-corrected chi connectivity index (χ0v) is 25.6. The van der Waals surface area contributed by atoms with Crippen molar-refractivity contribution in [2.45, 2.75) is 57.7 Å². The molecule has 1 atom stereocenters. The van der Waals surface area contributed by atoms with Gasteiger partial charge in [0.2, 0.25) is 21.8 Å². The first-order valence-electron chi connectivity index (χ1n) is 13.6. The molecule has 2 amide bonds. The van der Waals surface area contributed by atoms with Gasteiger partial charge in [-0.15, -0.1) is 0 Å². The molecule has 0 aromatic heterocycles. The van der Waals surface area contributed by atoms with Crippen LogP contribution in [0.4, 0.5) is 5.69 Å². The quantitative estimate of drug-likeness (QED) is 0.297. The highest BCUT2D eigenvalue weighted by Crippen LogP contribution is 2.29. The number of rotatable bonds is 11. The van der Waals surface area contributed by atoms with Gasteiger partial charge in [0.05, 0.1) is 22.0 Å². The van der Waals surface area contributed by atoms with Crippen molar-refractivity contribution in [1.82, 2.24) is 10.2 Å². The Labute approximate surface area is 252 Å². The van der Waals surface area contributed by atoms with Gasteiger partial charge in [-0.3, -0.25) is 13.9 Å². The molecule has 0 saturated heterocycles. The van der Waals surface area contributed by atoms with E-state index in [4.69, 9.17) is 23.2 Å². The van der Waals surface area contributed by atoms with Gasteiger partial charge in [0, 0.05) is 19.0 Å². The molecule has 0 spiro atoms. The van der Waals surface area contributed by atoms with Crippen LogP contribution in [0.15, 0.2) is 72.8 Å². The van der Waals surface area contributed by atoms with Crippen molar-refractivity contribution >= 4 is 50.7 Å². The average Bonchev–Trinajstić information content (AvgIpc) is 3.44. The molecule has 0 radical (unpaired) electrons. The number of carbonyl (C=O) groups is 2. The highest BCUT2D eigenvalue weighted by Gasteiger charge is 2.34. The molecule has 1 aliphatic carbocycles. The molecule has 0 heterocycles. The number of carbonyl (C=O) groups excluding carboxylic acids is 2. The summed E-state index contributed by atoms with van der Waals surface area (Å²) >= 11 is 12.3. The number of halogens is 2. The van der Waals surface area contributed by atoms with Crippen LogP contribution in [0.5, 0.6) is 0 Å². The summed E-state index contributed by atoms with van der Waals surface area (Å²) < 4.78 is 26.8. The van der Waals surface area contributed by atoms with Gasteiger partial charge in [-0.05, 0) is 49.1 Å². The number of anilines is 1. The van der Waals surface area contributed by atoms with E-state index in [9.17, 15) is 18.0 Å². The highest BCUT2D eigenvalue weighted by molar-refractivity contribution is 7.92. The lowest BCUT2D eigenvalue weighted by molar-refractivity contribution is -0.140. The predicted octanol–water partition coefficient (Wildman–Crippen LogP) is 5.77. The molecule has 7 nitrogen and oxygen atoms in total. The largest absolute Gasteiger partial charge is 0.352 e. The third-order valence-electron chi connectivity index (χ3n) is 7.28. The second-order valence-electron chi connectivity index (χ2n) is 10.6. The van der Waals surface area contributed by atoms with Gasteiger partial charge in [-0.25, -0.2) is 8.42 Å². The van der Waals surface area contributed by atoms with Crippen LogP contribution in [0.2, 0.25) is 10.0 Å². The van der Waals surface area contributed by atoms with E-state index in [1.807, 2.05) is 61.5 Å². The van der Waals surface area contributed by atoms with Gasteiger partial charge in [-0.1, -0.05) is 96.2 Å². The molecule has 1 aliphatic rings. The molecule has 1 fully saturated rings. The van der Waals surface area contributed by atoms with Crippen LogP contribution in [-0.2, 0) is 32.6 Å². The summed E-state index contributed by atoms with van der Waals surface area (Å²) in [6.45, 7) is 1.58. The first kappa shape index (κ1) is 30.9. The molecule has 0 aliphatic heterocycles. The molecule has 1 saturated carbocycles. The SMILES string of the molecule is Cc1cccc(CN(C(=O)CN(c2ccc(Cl)c(Cl)c2)S(C)(=O)=O)C(Cc2ccccc2)C(=O)NC2CCCC2)c1. The van der Waals surface area contributed by atoms with E-state index in [0.29, 0.717) is 0 Å². The number of nitrogens with zero attached hydrogens (tertiary/aromatic N) is 2. The van der Waals surface area contributed by atoms with E-state index in [0.717, 1.165) is 52.9 Å². The van der Waals surface area contributed by atoms with Crippen LogP contribution in [0.25, 0.3) is 0 Å². The maximum atomic E-state index is 14.2. The topological polar surface area (TPSA) is 86.8 Å². The maximum Gasteiger partial charge on any atom is 0.244 e. The Balaban J connectivity index is 1.73. The fourth-order valence-corrected chi connectivity index (χ4v) is 6.32. The fourth-order valence-electron chi connectivity index (χ4n) is 5.18. The molecule has 10 heteroatoms. The van der Waals surface area contributed by atoms with Gasteiger partial charge in [0.1, 0.15) is 12.6 Å². The second-order valence-corrected chi connectivity index (χ2v) is 13.3. The van der Waals surface area contributed by atoms with E-state index in [2.05, 4.69) is 5.32 Å².